The summed E-state index contributed by atoms with van der Waals surface area (Å²) in [6.07, 6.45) is 0. The summed E-state index contributed by atoms with van der Waals surface area (Å²) in [6.45, 7) is 9.04. The molecule has 1 rings (SSSR count). The van der Waals surface area contributed by atoms with Crippen molar-refractivity contribution in [1.82, 2.24) is 5.43 Å². The van der Waals surface area contributed by atoms with Crippen molar-refractivity contribution in [3.8, 4) is 0 Å². The van der Waals surface area contributed by atoms with Crippen LogP contribution in [-0.2, 0) is 10.2 Å². The van der Waals surface area contributed by atoms with Gasteiger partial charge in [0.05, 0.1) is 12.6 Å². The van der Waals surface area contributed by atoms with E-state index < -0.39 is 0 Å². The lowest BCUT2D eigenvalue weighted by molar-refractivity contribution is 0.185. The minimum absolute atomic E-state index is 0.0281. The molecule has 0 bridgehead atoms. The predicted molar refractivity (Wildman–Crippen MR) is 84.9 cm³/mol. The largest absolute Gasteiger partial charge is 0.382 e. The van der Waals surface area contributed by atoms with Gasteiger partial charge in [0.25, 0.3) is 0 Å². The average Bonchev–Trinajstić information content (AvgIpc) is 2.37. The summed E-state index contributed by atoms with van der Waals surface area (Å²) in [5, 5.41) is 3.25. The molecule has 0 saturated heterocycles. The van der Waals surface area contributed by atoms with Crippen molar-refractivity contribution < 1.29 is 4.74 Å². The molecule has 0 heterocycles. The predicted octanol–water partition coefficient (Wildman–Crippen LogP) is 2.25. The zero-order chi connectivity index (χ0) is 15.2. The number of para-hydroxylation sites is 1. The summed E-state index contributed by atoms with van der Waals surface area (Å²) in [7, 11) is 1.66. The summed E-state index contributed by atoms with van der Waals surface area (Å²) in [5.74, 6) is 6.07. The Hall–Kier alpha value is -1.59. The van der Waals surface area contributed by atoms with Crippen molar-refractivity contribution >= 4 is 11.6 Å². The van der Waals surface area contributed by atoms with E-state index in [1.165, 1.54) is 5.56 Å². The monoisotopic (exact) mass is 278 g/mol. The van der Waals surface area contributed by atoms with Crippen LogP contribution >= 0.6 is 0 Å². The number of benzene rings is 1. The molecule has 112 valence electrons. The number of rotatable bonds is 4. The highest BCUT2D eigenvalue weighted by Crippen LogP contribution is 2.29. The second-order valence-electron chi connectivity index (χ2n) is 5.85. The Morgan fingerprint density at radius 1 is 1.35 bits per heavy atom. The van der Waals surface area contributed by atoms with E-state index in [9.17, 15) is 0 Å². The topological polar surface area (TPSA) is 71.7 Å². The molecule has 0 spiro atoms. The number of hydrogen-bond acceptors (Lipinski definition) is 3. The van der Waals surface area contributed by atoms with Crippen LogP contribution in [0.5, 0.6) is 0 Å². The quantitative estimate of drug-likeness (QED) is 0.342. The van der Waals surface area contributed by atoms with Crippen molar-refractivity contribution in [1.29, 1.82) is 0 Å². The van der Waals surface area contributed by atoms with Crippen molar-refractivity contribution in [2.24, 2.45) is 10.8 Å². The maximum atomic E-state index is 5.54. The maximum absolute atomic E-state index is 5.54. The second kappa shape index (κ2) is 7.26. The molecule has 0 aliphatic carbocycles. The van der Waals surface area contributed by atoms with Crippen LogP contribution in [0.2, 0.25) is 0 Å². The van der Waals surface area contributed by atoms with Crippen molar-refractivity contribution in [3.63, 3.8) is 0 Å². The minimum atomic E-state index is 0.0281. The normalized spacial score (nSPS) is 14.0. The number of guanidine groups is 1. The van der Waals surface area contributed by atoms with Gasteiger partial charge in [-0.05, 0) is 24.0 Å². The van der Waals surface area contributed by atoms with Crippen LogP contribution in [0.3, 0.4) is 0 Å². The molecule has 1 aromatic carbocycles. The van der Waals surface area contributed by atoms with Gasteiger partial charge >= 0.3 is 0 Å². The lowest BCUT2D eigenvalue weighted by Crippen LogP contribution is -2.38. The summed E-state index contributed by atoms with van der Waals surface area (Å²) in [5.41, 5.74) is 4.86. The summed E-state index contributed by atoms with van der Waals surface area (Å²) in [6, 6.07) is 8.18. The zero-order valence-electron chi connectivity index (χ0n) is 13.0. The molecule has 20 heavy (non-hydrogen) atoms. The van der Waals surface area contributed by atoms with Crippen LogP contribution in [0.15, 0.2) is 29.3 Å². The molecular weight excluding hydrogens is 252 g/mol. The molecule has 5 nitrogen and oxygen atoms in total. The molecule has 0 radical (unpaired) electrons. The molecular formula is C15H26N4O. The van der Waals surface area contributed by atoms with Gasteiger partial charge < -0.3 is 10.1 Å². The first-order chi connectivity index (χ1) is 9.38. The standard InChI is InChI=1S/C15H26N4O/c1-11(10-20-5)17-14(19-16)18-13-9-7-6-8-12(13)15(2,3)4/h6-9,11H,10,16H2,1-5H3,(H2,17,18,19). The molecule has 1 atom stereocenters. The van der Waals surface area contributed by atoms with Crippen LogP contribution in [0.1, 0.15) is 33.3 Å². The fourth-order valence-corrected chi connectivity index (χ4v) is 1.98. The van der Waals surface area contributed by atoms with E-state index in [0.717, 1.165) is 5.69 Å². The fourth-order valence-electron chi connectivity index (χ4n) is 1.98. The van der Waals surface area contributed by atoms with Crippen molar-refractivity contribution in [2.45, 2.75) is 39.2 Å². The summed E-state index contributed by atoms with van der Waals surface area (Å²) >= 11 is 0. The van der Waals surface area contributed by atoms with Gasteiger partial charge in [0.15, 0.2) is 0 Å². The number of anilines is 1. The third-order valence-corrected chi connectivity index (χ3v) is 2.88. The summed E-state index contributed by atoms with van der Waals surface area (Å²) in [4.78, 5) is 4.45. The van der Waals surface area contributed by atoms with Crippen LogP contribution in [0.25, 0.3) is 0 Å². The zero-order valence-corrected chi connectivity index (χ0v) is 13.0. The Balaban J connectivity index is 2.96. The highest BCUT2D eigenvalue weighted by molar-refractivity contribution is 5.94. The number of nitrogens with zero attached hydrogens (tertiary/aromatic N) is 1. The van der Waals surface area contributed by atoms with Gasteiger partial charge in [-0.2, -0.15) is 0 Å². The number of ether oxygens (including phenoxy) is 1. The molecule has 1 unspecified atom stereocenters. The number of nitrogens with one attached hydrogen (secondary N) is 2. The molecule has 0 fully saturated rings. The Bertz CT molecular complexity index is 451. The third kappa shape index (κ3) is 4.83. The smallest absolute Gasteiger partial charge is 0.210 e. The number of hydrogen-bond donors (Lipinski definition) is 3. The first kappa shape index (κ1) is 16.5. The minimum Gasteiger partial charge on any atom is -0.382 e. The molecule has 4 N–H and O–H groups in total. The lowest BCUT2D eigenvalue weighted by Gasteiger charge is -2.24. The Kier molecular flexibility index (Phi) is 5.98. The first-order valence-electron chi connectivity index (χ1n) is 6.78. The lowest BCUT2D eigenvalue weighted by atomic mass is 9.86. The van der Waals surface area contributed by atoms with E-state index in [0.29, 0.717) is 12.6 Å². The highest BCUT2D eigenvalue weighted by Gasteiger charge is 2.18. The molecule has 5 heteroatoms. The van der Waals surface area contributed by atoms with Crippen LogP contribution in [0, 0.1) is 0 Å². The van der Waals surface area contributed by atoms with Gasteiger partial charge in [-0.15, -0.1) is 0 Å². The number of aliphatic imine (C=N–C) groups is 1. The van der Waals surface area contributed by atoms with Crippen LogP contribution < -0.4 is 16.6 Å². The molecule has 0 aliphatic rings. The molecule has 0 aliphatic heterocycles. The van der Waals surface area contributed by atoms with Crippen LogP contribution in [0.4, 0.5) is 5.69 Å². The van der Waals surface area contributed by atoms with Crippen molar-refractivity contribution in [2.75, 3.05) is 19.0 Å². The van der Waals surface area contributed by atoms with E-state index in [4.69, 9.17) is 10.6 Å². The fraction of sp³-hybridized carbons (Fsp3) is 0.533. The molecule has 0 saturated carbocycles. The maximum Gasteiger partial charge on any atom is 0.210 e. The Labute approximate surface area is 121 Å². The van der Waals surface area contributed by atoms with Gasteiger partial charge in [0.2, 0.25) is 5.96 Å². The van der Waals surface area contributed by atoms with Gasteiger partial charge in [-0.1, -0.05) is 39.0 Å². The number of hydrazine groups is 1. The first-order valence-corrected chi connectivity index (χ1v) is 6.78. The van der Waals surface area contributed by atoms with Crippen LogP contribution in [-0.4, -0.2) is 25.7 Å². The summed E-state index contributed by atoms with van der Waals surface area (Å²) < 4.78 is 5.07. The highest BCUT2D eigenvalue weighted by atomic mass is 16.5. The van der Waals surface area contributed by atoms with Gasteiger partial charge in [0, 0.05) is 12.8 Å². The van der Waals surface area contributed by atoms with E-state index in [2.05, 4.69) is 42.6 Å². The van der Waals surface area contributed by atoms with Crippen molar-refractivity contribution in [3.05, 3.63) is 29.8 Å². The SMILES string of the molecule is COCC(C)N=C(NN)Nc1ccccc1C(C)(C)C. The Morgan fingerprint density at radius 3 is 2.55 bits per heavy atom. The van der Waals surface area contributed by atoms with E-state index in [1.807, 2.05) is 25.1 Å². The average molecular weight is 278 g/mol. The van der Waals surface area contributed by atoms with E-state index in [1.54, 1.807) is 7.11 Å². The van der Waals surface area contributed by atoms with Gasteiger partial charge in [0.1, 0.15) is 0 Å². The second-order valence-corrected chi connectivity index (χ2v) is 5.85. The molecule has 1 aromatic rings. The van der Waals surface area contributed by atoms with E-state index in [-0.39, 0.29) is 11.5 Å². The van der Waals surface area contributed by atoms with E-state index >= 15 is 0 Å². The molecule has 0 aromatic heterocycles. The Morgan fingerprint density at radius 2 is 2.00 bits per heavy atom. The number of nitrogens with two attached hydrogens (primary N) is 1. The number of methoxy groups -OCH3 is 1. The van der Waals surface area contributed by atoms with Gasteiger partial charge in [-0.3, -0.25) is 5.43 Å². The van der Waals surface area contributed by atoms with Gasteiger partial charge in [-0.25, -0.2) is 10.8 Å². The third-order valence-electron chi connectivity index (χ3n) is 2.88. The molecule has 0 amide bonds.